The first-order valence-corrected chi connectivity index (χ1v) is 12.4. The third-order valence-corrected chi connectivity index (χ3v) is 7.19. The summed E-state index contributed by atoms with van der Waals surface area (Å²) in [7, 11) is 0. The number of benzene rings is 2. The van der Waals surface area contributed by atoms with E-state index in [-0.39, 0.29) is 28.2 Å². The number of nitrogen functional groups attached to an aromatic ring is 1. The number of aryl methyl sites for hydroxylation is 1. The maximum absolute atomic E-state index is 13.9. The second kappa shape index (κ2) is 10.7. The minimum Gasteiger partial charge on any atom is -0.395 e. The van der Waals surface area contributed by atoms with Gasteiger partial charge in [0.05, 0.1) is 5.69 Å². The predicted molar refractivity (Wildman–Crippen MR) is 136 cm³/mol. The first-order chi connectivity index (χ1) is 16.9. The maximum Gasteiger partial charge on any atom is 0.270 e. The Morgan fingerprint density at radius 3 is 2.34 bits per heavy atom. The molecule has 1 aromatic heterocycles. The molecule has 2 aromatic carbocycles. The highest BCUT2D eigenvalue weighted by Gasteiger charge is 2.39. The van der Waals surface area contributed by atoms with Crippen LogP contribution >= 0.6 is 11.5 Å². The zero-order chi connectivity index (χ0) is 24.9. The smallest absolute Gasteiger partial charge is 0.270 e. The van der Waals surface area contributed by atoms with Gasteiger partial charge in [-0.1, -0.05) is 73.0 Å². The van der Waals surface area contributed by atoms with Gasteiger partial charge in [0.2, 0.25) is 5.91 Å². The number of aromatic nitrogens is 1. The van der Waals surface area contributed by atoms with E-state index in [4.69, 9.17) is 11.5 Å². The van der Waals surface area contributed by atoms with Crippen LogP contribution in [0.2, 0.25) is 0 Å². The van der Waals surface area contributed by atoms with Crippen molar-refractivity contribution in [2.24, 2.45) is 5.73 Å². The molecule has 0 saturated heterocycles. The summed E-state index contributed by atoms with van der Waals surface area (Å²) < 4.78 is 4.00. The average molecular weight is 492 g/mol. The van der Waals surface area contributed by atoms with Gasteiger partial charge >= 0.3 is 0 Å². The first-order valence-electron chi connectivity index (χ1n) is 11.6. The third kappa shape index (κ3) is 5.35. The fourth-order valence-corrected chi connectivity index (χ4v) is 5.24. The number of nitrogens with two attached hydrogens (primary N) is 2. The Bertz CT molecular complexity index is 1200. The number of rotatable bonds is 8. The molecule has 1 atom stereocenters. The van der Waals surface area contributed by atoms with E-state index in [1.54, 1.807) is 4.90 Å². The second-order valence-electron chi connectivity index (χ2n) is 8.81. The summed E-state index contributed by atoms with van der Waals surface area (Å²) in [6, 6.07) is 16.2. The number of primary amides is 1. The molecule has 5 N–H and O–H groups in total. The van der Waals surface area contributed by atoms with E-state index in [0.717, 1.165) is 48.3 Å². The molecule has 0 bridgehead atoms. The molecule has 1 heterocycles. The molecule has 0 aliphatic heterocycles. The van der Waals surface area contributed by atoms with Gasteiger partial charge in [0.25, 0.3) is 11.8 Å². The van der Waals surface area contributed by atoms with Crippen LogP contribution in [0.5, 0.6) is 0 Å². The SMILES string of the molecule is Cc1ccc([C@H](C(=O)NCc2ccccc2)N(C(=O)c2snc(C(N)=O)c2N)C2CCCC2)cc1. The van der Waals surface area contributed by atoms with Crippen molar-refractivity contribution in [3.05, 3.63) is 81.9 Å². The summed E-state index contributed by atoms with van der Waals surface area (Å²) >= 11 is 0.838. The Hall–Kier alpha value is -3.72. The summed E-state index contributed by atoms with van der Waals surface area (Å²) in [4.78, 5) is 41.1. The Kier molecular flexibility index (Phi) is 7.45. The number of carbonyl (C=O) groups excluding carboxylic acids is 3. The number of nitrogens with zero attached hydrogens (tertiary/aromatic N) is 2. The van der Waals surface area contributed by atoms with Crippen LogP contribution in [0, 0.1) is 6.92 Å². The van der Waals surface area contributed by atoms with Crippen molar-refractivity contribution < 1.29 is 14.4 Å². The van der Waals surface area contributed by atoms with Crippen molar-refractivity contribution >= 4 is 34.9 Å². The van der Waals surface area contributed by atoms with Gasteiger partial charge in [0.1, 0.15) is 10.9 Å². The third-order valence-electron chi connectivity index (χ3n) is 6.34. The van der Waals surface area contributed by atoms with Crippen molar-refractivity contribution in [1.29, 1.82) is 0 Å². The molecule has 1 aliphatic rings. The van der Waals surface area contributed by atoms with Crippen LogP contribution in [0.25, 0.3) is 0 Å². The van der Waals surface area contributed by atoms with E-state index in [1.165, 1.54) is 0 Å². The lowest BCUT2D eigenvalue weighted by atomic mass is 9.99. The van der Waals surface area contributed by atoms with E-state index in [9.17, 15) is 14.4 Å². The summed E-state index contributed by atoms with van der Waals surface area (Å²) in [5.41, 5.74) is 14.0. The fraction of sp³-hybridized carbons (Fsp3) is 0.308. The highest BCUT2D eigenvalue weighted by atomic mass is 32.1. The number of hydrogen-bond acceptors (Lipinski definition) is 6. The van der Waals surface area contributed by atoms with Crippen molar-refractivity contribution in [2.45, 2.75) is 51.2 Å². The van der Waals surface area contributed by atoms with Gasteiger partial charge in [-0.25, -0.2) is 0 Å². The molecule has 3 amide bonds. The maximum atomic E-state index is 13.9. The number of anilines is 1. The fourth-order valence-electron chi connectivity index (χ4n) is 4.49. The monoisotopic (exact) mass is 491 g/mol. The van der Waals surface area contributed by atoms with E-state index in [1.807, 2.05) is 61.5 Å². The van der Waals surface area contributed by atoms with E-state index < -0.39 is 17.9 Å². The van der Waals surface area contributed by atoms with Crippen LogP contribution in [-0.2, 0) is 11.3 Å². The van der Waals surface area contributed by atoms with Gasteiger partial charge in [-0.05, 0) is 42.4 Å². The molecule has 1 saturated carbocycles. The summed E-state index contributed by atoms with van der Waals surface area (Å²) in [5.74, 6) is -1.49. The molecule has 9 heteroatoms. The second-order valence-corrected chi connectivity index (χ2v) is 9.58. The predicted octanol–water partition coefficient (Wildman–Crippen LogP) is 3.58. The minimum absolute atomic E-state index is 0.0390. The van der Waals surface area contributed by atoms with Crippen molar-refractivity contribution in [2.75, 3.05) is 5.73 Å². The highest BCUT2D eigenvalue weighted by molar-refractivity contribution is 7.09. The highest BCUT2D eigenvalue weighted by Crippen LogP contribution is 2.35. The normalized spacial score (nSPS) is 14.4. The molecule has 1 aliphatic carbocycles. The lowest BCUT2D eigenvalue weighted by Crippen LogP contribution is -2.48. The molecule has 8 nitrogen and oxygen atoms in total. The first kappa shape index (κ1) is 24.4. The van der Waals surface area contributed by atoms with Crippen molar-refractivity contribution in [1.82, 2.24) is 14.6 Å². The molecular weight excluding hydrogens is 462 g/mol. The lowest BCUT2D eigenvalue weighted by molar-refractivity contribution is -0.126. The van der Waals surface area contributed by atoms with Gasteiger partial charge in [0, 0.05) is 12.6 Å². The molecule has 3 aromatic rings. The topological polar surface area (TPSA) is 131 Å². The van der Waals surface area contributed by atoms with Gasteiger partial charge in [-0.15, -0.1) is 0 Å². The standard InChI is InChI=1S/C26H29N5O3S/c1-16-11-13-18(14-12-16)22(25(33)29-15-17-7-3-2-4-8-17)31(19-9-5-6-10-19)26(34)23-20(27)21(24(28)32)30-35-23/h2-4,7-8,11-14,19,22H,5-6,9-10,15,27H2,1H3,(H2,28,32)(H,29,33)/t22-/m1/s1. The molecule has 0 unspecified atom stereocenters. The van der Waals surface area contributed by atoms with Gasteiger partial charge in [0.15, 0.2) is 5.69 Å². The molecule has 35 heavy (non-hydrogen) atoms. The zero-order valence-electron chi connectivity index (χ0n) is 19.6. The number of amides is 3. The van der Waals surface area contributed by atoms with E-state index >= 15 is 0 Å². The largest absolute Gasteiger partial charge is 0.395 e. The number of hydrogen-bond donors (Lipinski definition) is 3. The van der Waals surface area contributed by atoms with Crippen LogP contribution in [-0.4, -0.2) is 33.0 Å². The molecular formula is C26H29N5O3S. The summed E-state index contributed by atoms with van der Waals surface area (Å²) in [6.07, 6.45) is 3.49. The minimum atomic E-state index is -0.867. The van der Waals surface area contributed by atoms with Crippen molar-refractivity contribution in [3.63, 3.8) is 0 Å². The van der Waals surface area contributed by atoms with Gasteiger partial charge in [-0.3, -0.25) is 14.4 Å². The Morgan fingerprint density at radius 2 is 1.74 bits per heavy atom. The Morgan fingerprint density at radius 1 is 1.09 bits per heavy atom. The number of carbonyl (C=O) groups is 3. The van der Waals surface area contributed by atoms with Crippen LogP contribution in [0.3, 0.4) is 0 Å². The Balaban J connectivity index is 1.74. The van der Waals surface area contributed by atoms with Gasteiger partial charge < -0.3 is 21.7 Å². The average Bonchev–Trinajstić information content (AvgIpc) is 3.52. The summed E-state index contributed by atoms with van der Waals surface area (Å²) in [6.45, 7) is 2.31. The van der Waals surface area contributed by atoms with Crippen LogP contribution in [0.1, 0.15) is 68.6 Å². The van der Waals surface area contributed by atoms with Gasteiger partial charge in [-0.2, -0.15) is 4.37 Å². The van der Waals surface area contributed by atoms with Crippen LogP contribution in [0.15, 0.2) is 54.6 Å². The van der Waals surface area contributed by atoms with E-state index in [2.05, 4.69) is 9.69 Å². The van der Waals surface area contributed by atoms with E-state index in [0.29, 0.717) is 12.1 Å². The molecule has 4 rings (SSSR count). The van der Waals surface area contributed by atoms with Crippen molar-refractivity contribution in [3.8, 4) is 0 Å². The van der Waals surface area contributed by atoms with Crippen LogP contribution in [0.4, 0.5) is 5.69 Å². The number of nitrogens with one attached hydrogen (secondary N) is 1. The molecule has 0 radical (unpaired) electrons. The quantitative estimate of drug-likeness (QED) is 0.443. The van der Waals surface area contributed by atoms with Crippen LogP contribution < -0.4 is 16.8 Å². The zero-order valence-corrected chi connectivity index (χ0v) is 20.4. The molecule has 1 fully saturated rings. The Labute approximate surface area is 208 Å². The molecule has 0 spiro atoms. The molecule has 182 valence electrons. The lowest BCUT2D eigenvalue weighted by Gasteiger charge is -2.36. The summed E-state index contributed by atoms with van der Waals surface area (Å²) in [5, 5.41) is 3.01.